The van der Waals surface area contributed by atoms with Crippen molar-refractivity contribution in [3.63, 3.8) is 0 Å². The molecule has 0 spiro atoms. The van der Waals surface area contributed by atoms with Crippen molar-refractivity contribution >= 4 is 37.1 Å². The standard InChI is InChI=1S/C19H58N11P5/c1-24(2)32(18,25(3)4)21-34(20-31(15,16)17,22-33(19,26(5)6)27(7)8)23-35(28(9)10,29(11)12)30(13)14/h34H,1-19H3. The average Bonchev–Trinajstić information content (AvgIpc) is 2.62. The Kier molecular flexibility index (Phi) is 13.3. The van der Waals surface area contributed by atoms with E-state index in [9.17, 15) is 0 Å². The molecule has 0 rings (SSSR count). The van der Waals surface area contributed by atoms with Crippen LogP contribution in [0.5, 0.6) is 0 Å². The van der Waals surface area contributed by atoms with Crippen LogP contribution < -0.4 is 0 Å². The molecule has 0 unspecified atom stereocenters. The average molecular weight is 596 g/mol. The molecule has 11 nitrogen and oxygen atoms in total. The summed E-state index contributed by atoms with van der Waals surface area (Å²) < 4.78 is 38.7. The minimum atomic E-state index is -3.37. The van der Waals surface area contributed by atoms with Gasteiger partial charge in [-0.2, -0.15) is 0 Å². The van der Waals surface area contributed by atoms with Gasteiger partial charge in [0.05, 0.1) is 0 Å². The van der Waals surface area contributed by atoms with E-state index in [4.69, 9.17) is 18.1 Å². The summed E-state index contributed by atoms with van der Waals surface area (Å²) in [7, 11) is 18.0. The molecule has 0 aliphatic rings. The zero-order valence-electron chi connectivity index (χ0n) is 26.2. The molecule has 0 saturated carbocycles. The molecule has 0 aliphatic carbocycles. The van der Waals surface area contributed by atoms with Gasteiger partial charge < -0.3 is 0 Å². The van der Waals surface area contributed by atoms with E-state index in [2.05, 4.69) is 165 Å². The third-order valence-electron chi connectivity index (χ3n) is 5.99. The summed E-state index contributed by atoms with van der Waals surface area (Å²) >= 11 is 0. The summed E-state index contributed by atoms with van der Waals surface area (Å²) in [5.74, 6) is 0. The van der Waals surface area contributed by atoms with E-state index in [0.717, 1.165) is 0 Å². The van der Waals surface area contributed by atoms with Crippen LogP contribution in [0.1, 0.15) is 0 Å². The topological polar surface area (TPSA) is 72.1 Å². The van der Waals surface area contributed by atoms with Gasteiger partial charge in [-0.15, -0.1) is 0 Å². The van der Waals surface area contributed by atoms with Crippen molar-refractivity contribution in [1.29, 1.82) is 0 Å². The van der Waals surface area contributed by atoms with Gasteiger partial charge in [0.2, 0.25) is 0 Å². The third-order valence-corrected chi connectivity index (χ3v) is 26.1. The second kappa shape index (κ2) is 12.9. The predicted octanol–water partition coefficient (Wildman–Crippen LogP) is 5.69. The van der Waals surface area contributed by atoms with Gasteiger partial charge in [0, 0.05) is 0 Å². The first-order chi connectivity index (χ1) is 15.4. The summed E-state index contributed by atoms with van der Waals surface area (Å²) in [5.41, 5.74) is 0. The van der Waals surface area contributed by atoms with Crippen LogP contribution >= 0.6 is 37.1 Å². The second-order valence-electron chi connectivity index (χ2n) is 11.1. The van der Waals surface area contributed by atoms with Crippen LogP contribution in [0, 0.1) is 0 Å². The number of hydrogen-bond acceptors (Lipinski definition) is 4. The third kappa shape index (κ3) is 8.53. The summed E-state index contributed by atoms with van der Waals surface area (Å²) in [4.78, 5) is 0. The first kappa shape index (κ1) is 36.1. The molecule has 0 amide bonds. The molecule has 0 aromatic rings. The van der Waals surface area contributed by atoms with Gasteiger partial charge in [-0.1, -0.05) is 0 Å². The number of nitrogens with zero attached hydrogens (tertiary/aromatic N) is 11. The summed E-state index contributed by atoms with van der Waals surface area (Å²) in [6.07, 6.45) is 0. The van der Waals surface area contributed by atoms with Crippen LogP contribution in [0.15, 0.2) is 18.1 Å². The van der Waals surface area contributed by atoms with Crippen LogP contribution in [0.2, 0.25) is 0 Å². The van der Waals surface area contributed by atoms with Crippen LogP contribution in [0.25, 0.3) is 0 Å². The van der Waals surface area contributed by atoms with E-state index >= 15 is 0 Å². The first-order valence-corrected chi connectivity index (χ1v) is 22.3. The zero-order valence-corrected chi connectivity index (χ0v) is 30.8. The Morgan fingerprint density at radius 2 is 0.629 bits per heavy atom. The van der Waals surface area contributed by atoms with Crippen molar-refractivity contribution in [2.75, 3.05) is 132 Å². The van der Waals surface area contributed by atoms with E-state index in [0.29, 0.717) is 0 Å². The Labute approximate surface area is 219 Å². The molecular weight excluding hydrogens is 537 g/mol. The molecule has 0 N–H and O–H groups in total. The van der Waals surface area contributed by atoms with Crippen LogP contribution in [0.3, 0.4) is 0 Å². The van der Waals surface area contributed by atoms with Crippen LogP contribution in [-0.4, -0.2) is 165 Å². The van der Waals surface area contributed by atoms with Crippen molar-refractivity contribution in [2.45, 2.75) is 0 Å². The molecule has 0 aromatic heterocycles. The van der Waals surface area contributed by atoms with Gasteiger partial charge in [-0.05, 0) is 0 Å². The fourth-order valence-corrected chi connectivity index (χ4v) is 24.1. The molecular formula is C19H58N11P5. The van der Waals surface area contributed by atoms with Gasteiger partial charge in [-0.3, -0.25) is 0 Å². The SMILES string of the molecule is CN(C)P(C)(=N[PH](N=P(C)(C)C)(N=P(C)(N(C)C)N(C)C)N=P(N(C)C)(N(C)C)N(C)C)N(C)C. The van der Waals surface area contributed by atoms with Crippen LogP contribution in [-0.2, 0) is 0 Å². The normalized spacial score (nSPS) is 15.3. The molecule has 0 saturated heterocycles. The van der Waals surface area contributed by atoms with E-state index in [1.165, 1.54) is 0 Å². The molecule has 0 atom stereocenters. The fraction of sp³-hybridized carbons (Fsp3) is 1.00. The van der Waals surface area contributed by atoms with E-state index in [-0.39, 0.29) is 0 Å². The quantitative estimate of drug-likeness (QED) is 0.285. The van der Waals surface area contributed by atoms with Crippen molar-refractivity contribution in [3.8, 4) is 0 Å². The fourth-order valence-electron chi connectivity index (χ4n) is 3.63. The summed E-state index contributed by atoms with van der Waals surface area (Å²) in [6.45, 7) is 11.2. The molecule has 0 aliphatic heterocycles. The Balaban J connectivity index is 8.75. The Morgan fingerprint density at radius 3 is 0.800 bits per heavy atom. The van der Waals surface area contributed by atoms with Crippen molar-refractivity contribution in [2.24, 2.45) is 18.1 Å². The van der Waals surface area contributed by atoms with Crippen molar-refractivity contribution in [1.82, 2.24) is 32.7 Å². The molecule has 0 aromatic carbocycles. The molecule has 0 heterocycles. The molecule has 214 valence electrons. The summed E-state index contributed by atoms with van der Waals surface area (Å²) in [6, 6.07) is 0. The summed E-state index contributed by atoms with van der Waals surface area (Å²) in [5, 5.41) is 0. The molecule has 35 heavy (non-hydrogen) atoms. The van der Waals surface area contributed by atoms with Crippen molar-refractivity contribution in [3.05, 3.63) is 0 Å². The van der Waals surface area contributed by atoms with E-state index in [1.807, 2.05) is 0 Å². The maximum atomic E-state index is 5.83. The first-order valence-electron chi connectivity index (χ1n) is 11.6. The monoisotopic (exact) mass is 595 g/mol. The molecule has 0 radical (unpaired) electrons. The molecule has 0 fully saturated rings. The maximum absolute atomic E-state index is 5.83. The minimum absolute atomic E-state index is 1.68. The van der Waals surface area contributed by atoms with Gasteiger partial charge in [0.15, 0.2) is 0 Å². The van der Waals surface area contributed by atoms with Gasteiger partial charge in [0.1, 0.15) is 0 Å². The predicted molar refractivity (Wildman–Crippen MR) is 171 cm³/mol. The Bertz CT molecular complexity index is 831. The molecule has 16 heteroatoms. The van der Waals surface area contributed by atoms with Crippen molar-refractivity contribution < 1.29 is 0 Å². The van der Waals surface area contributed by atoms with Gasteiger partial charge >= 0.3 is 220 Å². The second-order valence-corrected chi connectivity index (χ2v) is 29.6. The Hall–Kier alpha value is 1.07. The van der Waals surface area contributed by atoms with E-state index < -0.39 is 37.1 Å². The number of rotatable bonds is 11. The van der Waals surface area contributed by atoms with Gasteiger partial charge in [-0.25, -0.2) is 0 Å². The van der Waals surface area contributed by atoms with Gasteiger partial charge in [0.25, 0.3) is 0 Å². The molecule has 0 bridgehead atoms. The zero-order chi connectivity index (χ0) is 28.4. The van der Waals surface area contributed by atoms with E-state index in [1.54, 1.807) is 0 Å². The number of hydrogen-bond donors (Lipinski definition) is 0. The Morgan fingerprint density at radius 1 is 0.371 bits per heavy atom. The van der Waals surface area contributed by atoms with Crippen LogP contribution in [0.4, 0.5) is 0 Å².